The number of para-hydroxylation sites is 1. The highest BCUT2D eigenvalue weighted by Crippen LogP contribution is 2.32. The summed E-state index contributed by atoms with van der Waals surface area (Å²) in [6.45, 7) is 8.28. The van der Waals surface area contributed by atoms with Crippen LogP contribution in [0.5, 0.6) is 5.75 Å². The van der Waals surface area contributed by atoms with Gasteiger partial charge in [0.25, 0.3) is 10.0 Å². The number of aromatic nitrogens is 1. The lowest BCUT2D eigenvalue weighted by molar-refractivity contribution is 0.330. The van der Waals surface area contributed by atoms with Crippen LogP contribution in [-0.2, 0) is 10.0 Å². The molecule has 1 aromatic heterocycles. The molecule has 0 unspecified atom stereocenters. The minimum Gasteiger partial charge on any atom is -0.492 e. The molecule has 6 heteroatoms. The van der Waals surface area contributed by atoms with Gasteiger partial charge in [0.15, 0.2) is 0 Å². The fraction of sp³-hybridized carbons (Fsp3) is 0.286. The highest BCUT2D eigenvalue weighted by Gasteiger charge is 2.23. The van der Waals surface area contributed by atoms with Crippen molar-refractivity contribution in [3.05, 3.63) is 59.8 Å². The molecule has 0 aliphatic rings. The van der Waals surface area contributed by atoms with Gasteiger partial charge in [-0.2, -0.15) is 0 Å². The lowest BCUT2D eigenvalue weighted by atomic mass is 9.98. The van der Waals surface area contributed by atoms with Gasteiger partial charge in [0.1, 0.15) is 10.6 Å². The Labute approximate surface area is 160 Å². The van der Waals surface area contributed by atoms with E-state index in [2.05, 4.69) is 9.71 Å². The average Bonchev–Trinajstić information content (AvgIpc) is 2.61. The maximum Gasteiger partial charge on any atom is 0.265 e. The van der Waals surface area contributed by atoms with Crippen molar-refractivity contribution in [1.82, 2.24) is 4.98 Å². The van der Waals surface area contributed by atoms with Gasteiger partial charge in [-0.3, -0.25) is 9.71 Å². The van der Waals surface area contributed by atoms with E-state index in [0.717, 1.165) is 22.0 Å². The molecule has 0 saturated carbocycles. The van der Waals surface area contributed by atoms with Crippen LogP contribution in [0.2, 0.25) is 0 Å². The molecule has 0 spiro atoms. The summed E-state index contributed by atoms with van der Waals surface area (Å²) in [5.74, 6) is 0.567. The van der Waals surface area contributed by atoms with Gasteiger partial charge in [0.05, 0.1) is 24.0 Å². The number of pyridine rings is 1. The van der Waals surface area contributed by atoms with Crippen LogP contribution in [0, 0.1) is 6.92 Å². The third kappa shape index (κ3) is 4.06. The van der Waals surface area contributed by atoms with E-state index in [1.807, 2.05) is 52.0 Å². The minimum atomic E-state index is -3.82. The zero-order valence-corrected chi connectivity index (χ0v) is 16.8. The van der Waals surface area contributed by atoms with E-state index in [0.29, 0.717) is 18.0 Å². The van der Waals surface area contributed by atoms with Crippen molar-refractivity contribution in [2.24, 2.45) is 0 Å². The zero-order valence-electron chi connectivity index (χ0n) is 16.0. The fourth-order valence-electron chi connectivity index (χ4n) is 3.11. The molecule has 0 saturated heterocycles. The predicted octanol–water partition coefficient (Wildman–Crippen LogP) is 4.87. The summed E-state index contributed by atoms with van der Waals surface area (Å²) in [5, 5.41) is 0.870. The molecule has 5 nitrogen and oxygen atoms in total. The summed E-state index contributed by atoms with van der Waals surface area (Å²) in [6, 6.07) is 12.9. The maximum absolute atomic E-state index is 13.1. The molecular weight excluding hydrogens is 360 g/mol. The third-order valence-corrected chi connectivity index (χ3v) is 5.79. The van der Waals surface area contributed by atoms with Crippen LogP contribution in [-0.4, -0.2) is 20.0 Å². The summed E-state index contributed by atoms with van der Waals surface area (Å²) >= 11 is 0. The van der Waals surface area contributed by atoms with Crippen LogP contribution >= 0.6 is 0 Å². The number of nitrogens with one attached hydrogen (secondary N) is 1. The second-order valence-electron chi connectivity index (χ2n) is 6.77. The SMILES string of the molecule is CCOc1cc(C)c(C(C)C)cc1S(=O)(=O)Nc1cnc2ccccc2c1. The van der Waals surface area contributed by atoms with Crippen LogP contribution in [0.1, 0.15) is 37.8 Å². The quantitative estimate of drug-likeness (QED) is 0.658. The van der Waals surface area contributed by atoms with E-state index in [4.69, 9.17) is 4.74 Å². The standard InChI is InChI=1S/C21H24N2O3S/c1-5-26-20-10-15(4)18(14(2)3)12-21(20)27(24,25)23-17-11-16-8-6-7-9-19(16)22-13-17/h6-14,23H,5H2,1-4H3. The molecule has 3 aromatic rings. The molecule has 0 fully saturated rings. The monoisotopic (exact) mass is 384 g/mol. The lowest BCUT2D eigenvalue weighted by Crippen LogP contribution is -2.15. The second kappa shape index (κ2) is 7.56. The first kappa shape index (κ1) is 19.2. The summed E-state index contributed by atoms with van der Waals surface area (Å²) in [7, 11) is -3.82. The van der Waals surface area contributed by atoms with Crippen molar-refractivity contribution in [2.75, 3.05) is 11.3 Å². The largest absolute Gasteiger partial charge is 0.492 e. The van der Waals surface area contributed by atoms with Crippen molar-refractivity contribution in [2.45, 2.75) is 38.5 Å². The van der Waals surface area contributed by atoms with Gasteiger partial charge in [-0.15, -0.1) is 0 Å². The molecule has 1 N–H and O–H groups in total. The lowest BCUT2D eigenvalue weighted by Gasteiger charge is -2.17. The Balaban J connectivity index is 2.05. The second-order valence-corrected chi connectivity index (χ2v) is 8.42. The Morgan fingerprint density at radius 3 is 2.59 bits per heavy atom. The zero-order chi connectivity index (χ0) is 19.6. The van der Waals surface area contributed by atoms with Gasteiger partial charge in [-0.25, -0.2) is 8.42 Å². The number of anilines is 1. The molecule has 0 bridgehead atoms. The fourth-order valence-corrected chi connectivity index (χ4v) is 4.31. The van der Waals surface area contributed by atoms with Crippen LogP contribution in [0.4, 0.5) is 5.69 Å². The van der Waals surface area contributed by atoms with Crippen LogP contribution in [0.25, 0.3) is 10.9 Å². The first-order chi connectivity index (χ1) is 12.8. The van der Waals surface area contributed by atoms with Crippen LogP contribution < -0.4 is 9.46 Å². The van der Waals surface area contributed by atoms with E-state index in [1.165, 1.54) is 6.20 Å². The van der Waals surface area contributed by atoms with Crippen LogP contribution in [0.15, 0.2) is 53.6 Å². The van der Waals surface area contributed by atoms with E-state index in [-0.39, 0.29) is 10.8 Å². The van der Waals surface area contributed by atoms with Crippen molar-refractivity contribution >= 4 is 26.6 Å². The summed E-state index contributed by atoms with van der Waals surface area (Å²) in [6.07, 6.45) is 1.53. The molecule has 0 aliphatic carbocycles. The van der Waals surface area contributed by atoms with Crippen molar-refractivity contribution in [1.29, 1.82) is 0 Å². The first-order valence-corrected chi connectivity index (χ1v) is 10.4. The van der Waals surface area contributed by atoms with E-state index < -0.39 is 10.0 Å². The Bertz CT molecular complexity index is 1080. The van der Waals surface area contributed by atoms with Gasteiger partial charge in [-0.05, 0) is 55.2 Å². The van der Waals surface area contributed by atoms with E-state index in [1.54, 1.807) is 18.2 Å². The maximum atomic E-state index is 13.1. The Hall–Kier alpha value is -2.60. The molecule has 27 heavy (non-hydrogen) atoms. The molecule has 0 aliphatic heterocycles. The van der Waals surface area contributed by atoms with Gasteiger partial charge in [0, 0.05) is 5.39 Å². The van der Waals surface area contributed by atoms with Gasteiger partial charge in [-0.1, -0.05) is 32.0 Å². The van der Waals surface area contributed by atoms with E-state index in [9.17, 15) is 8.42 Å². The summed E-state index contributed by atoms with van der Waals surface area (Å²) in [4.78, 5) is 4.46. The Morgan fingerprint density at radius 2 is 1.89 bits per heavy atom. The Morgan fingerprint density at radius 1 is 1.15 bits per heavy atom. The smallest absolute Gasteiger partial charge is 0.265 e. The van der Waals surface area contributed by atoms with Crippen molar-refractivity contribution in [3.8, 4) is 5.75 Å². The summed E-state index contributed by atoms with van der Waals surface area (Å²) in [5.41, 5.74) is 3.23. The molecule has 0 radical (unpaired) electrons. The molecule has 3 rings (SSSR count). The van der Waals surface area contributed by atoms with Crippen molar-refractivity contribution in [3.63, 3.8) is 0 Å². The average molecular weight is 385 g/mol. The third-order valence-electron chi connectivity index (χ3n) is 4.39. The number of aryl methyl sites for hydroxylation is 1. The van der Waals surface area contributed by atoms with Gasteiger partial charge >= 0.3 is 0 Å². The van der Waals surface area contributed by atoms with Crippen LogP contribution in [0.3, 0.4) is 0 Å². The summed E-state index contributed by atoms with van der Waals surface area (Å²) < 4.78 is 34.5. The molecule has 0 amide bonds. The highest BCUT2D eigenvalue weighted by molar-refractivity contribution is 7.92. The molecule has 1 heterocycles. The minimum absolute atomic E-state index is 0.145. The molecular formula is C21H24N2O3S. The predicted molar refractivity (Wildman–Crippen MR) is 109 cm³/mol. The highest BCUT2D eigenvalue weighted by atomic mass is 32.2. The molecule has 0 atom stereocenters. The number of hydrogen-bond acceptors (Lipinski definition) is 4. The first-order valence-electron chi connectivity index (χ1n) is 8.96. The number of benzene rings is 2. The number of ether oxygens (including phenoxy) is 1. The number of fused-ring (bicyclic) bond motifs is 1. The topological polar surface area (TPSA) is 68.3 Å². The number of hydrogen-bond donors (Lipinski definition) is 1. The normalized spacial score (nSPS) is 11.7. The van der Waals surface area contributed by atoms with Crippen molar-refractivity contribution < 1.29 is 13.2 Å². The molecule has 142 valence electrons. The number of nitrogens with zero attached hydrogens (tertiary/aromatic N) is 1. The molecule has 2 aromatic carbocycles. The van der Waals surface area contributed by atoms with Gasteiger partial charge in [0.2, 0.25) is 0 Å². The van der Waals surface area contributed by atoms with E-state index >= 15 is 0 Å². The van der Waals surface area contributed by atoms with Gasteiger partial charge < -0.3 is 4.74 Å². The number of sulfonamides is 1. The number of rotatable bonds is 6. The Kier molecular flexibility index (Phi) is 5.37.